The van der Waals surface area contributed by atoms with Gasteiger partial charge in [-0.25, -0.2) is 22.2 Å². The van der Waals surface area contributed by atoms with Gasteiger partial charge in [0.1, 0.15) is 11.6 Å². The minimum Gasteiger partial charge on any atom is -0.345 e. The summed E-state index contributed by atoms with van der Waals surface area (Å²) in [6.07, 6.45) is 0.567. The quantitative estimate of drug-likeness (QED) is 0.500. The first-order valence-corrected chi connectivity index (χ1v) is 12.4. The molecule has 164 valence electrons. The van der Waals surface area contributed by atoms with E-state index in [9.17, 15) is 17.2 Å². The maximum atomic E-state index is 14.0. The predicted octanol–water partition coefficient (Wildman–Crippen LogP) is 4.83. The number of hydrogen-bond acceptors (Lipinski definition) is 5. The Balaban J connectivity index is 1.44. The molecule has 1 aliphatic rings. The lowest BCUT2D eigenvalue weighted by Crippen LogP contribution is -2.49. The summed E-state index contributed by atoms with van der Waals surface area (Å²) in [7, 11) is -4.26. The lowest BCUT2D eigenvalue weighted by atomic mass is 10.1. The van der Waals surface area contributed by atoms with E-state index in [2.05, 4.69) is 4.98 Å². The number of sulfonamides is 1. The molecule has 1 saturated heterocycles. The van der Waals surface area contributed by atoms with Crippen LogP contribution in [0, 0.1) is 11.6 Å². The van der Waals surface area contributed by atoms with E-state index in [1.807, 2.05) is 22.4 Å². The average molecular weight is 504 g/mol. The van der Waals surface area contributed by atoms with Gasteiger partial charge in [0, 0.05) is 48.0 Å². The van der Waals surface area contributed by atoms with E-state index in [0.717, 1.165) is 38.9 Å². The molecule has 1 aliphatic heterocycles. The van der Waals surface area contributed by atoms with Crippen LogP contribution >= 0.6 is 34.5 Å². The molecule has 1 aromatic heterocycles. The van der Waals surface area contributed by atoms with Crippen molar-refractivity contribution in [2.24, 2.45) is 0 Å². The van der Waals surface area contributed by atoms with Gasteiger partial charge in [-0.3, -0.25) is 0 Å². The molecule has 0 amide bonds. The van der Waals surface area contributed by atoms with Crippen LogP contribution in [0.4, 0.5) is 13.9 Å². The van der Waals surface area contributed by atoms with E-state index in [1.165, 1.54) is 11.3 Å². The van der Waals surface area contributed by atoms with Crippen LogP contribution in [0.3, 0.4) is 0 Å². The Morgan fingerprint density at radius 3 is 2.23 bits per heavy atom. The number of halogens is 4. The fraction of sp³-hybridized carbons (Fsp3) is 0.250. The van der Waals surface area contributed by atoms with E-state index in [0.29, 0.717) is 29.6 Å². The molecule has 2 heterocycles. The Bertz CT molecular complexity index is 1170. The first-order valence-electron chi connectivity index (χ1n) is 9.32. The van der Waals surface area contributed by atoms with Crippen LogP contribution < -0.4 is 4.90 Å². The summed E-state index contributed by atoms with van der Waals surface area (Å²) in [5, 5.41) is 3.81. The van der Waals surface area contributed by atoms with E-state index >= 15 is 0 Å². The van der Waals surface area contributed by atoms with Crippen molar-refractivity contribution in [2.75, 3.05) is 31.1 Å². The third kappa shape index (κ3) is 4.85. The molecule has 0 spiro atoms. The van der Waals surface area contributed by atoms with Gasteiger partial charge in [-0.05, 0) is 35.9 Å². The average Bonchev–Trinajstić information content (AvgIpc) is 3.15. The number of thiazole rings is 1. The zero-order valence-electron chi connectivity index (χ0n) is 16.1. The van der Waals surface area contributed by atoms with Crippen molar-refractivity contribution in [3.05, 3.63) is 74.7 Å². The molecule has 0 saturated carbocycles. The zero-order chi connectivity index (χ0) is 22.2. The third-order valence-electron chi connectivity index (χ3n) is 4.87. The number of aromatic nitrogens is 1. The van der Waals surface area contributed by atoms with Crippen LogP contribution in [0.2, 0.25) is 10.0 Å². The normalized spacial score (nSPS) is 15.4. The molecule has 11 heteroatoms. The summed E-state index contributed by atoms with van der Waals surface area (Å²) in [6, 6.07) is 8.35. The first-order chi connectivity index (χ1) is 14.7. The highest BCUT2D eigenvalue weighted by atomic mass is 35.5. The monoisotopic (exact) mass is 503 g/mol. The van der Waals surface area contributed by atoms with Crippen molar-refractivity contribution in [1.82, 2.24) is 9.29 Å². The van der Waals surface area contributed by atoms with Crippen molar-refractivity contribution in [3.8, 4) is 0 Å². The van der Waals surface area contributed by atoms with Crippen LogP contribution in [0.1, 0.15) is 11.3 Å². The van der Waals surface area contributed by atoms with Crippen LogP contribution in [0.5, 0.6) is 0 Å². The number of piperazine rings is 1. The lowest BCUT2D eigenvalue weighted by Gasteiger charge is -2.33. The number of anilines is 1. The van der Waals surface area contributed by atoms with Crippen molar-refractivity contribution >= 4 is 49.7 Å². The van der Waals surface area contributed by atoms with Crippen LogP contribution in [-0.2, 0) is 16.4 Å². The van der Waals surface area contributed by atoms with Gasteiger partial charge in [0.15, 0.2) is 10.0 Å². The van der Waals surface area contributed by atoms with Crippen molar-refractivity contribution in [1.29, 1.82) is 0 Å². The number of hydrogen-bond donors (Lipinski definition) is 0. The van der Waals surface area contributed by atoms with E-state index in [-0.39, 0.29) is 13.1 Å². The fourth-order valence-corrected chi connectivity index (χ4v) is 6.40. The summed E-state index contributed by atoms with van der Waals surface area (Å²) in [6.45, 7) is 0.945. The zero-order valence-corrected chi connectivity index (χ0v) is 19.2. The van der Waals surface area contributed by atoms with Gasteiger partial charge in [-0.2, -0.15) is 4.31 Å². The Hall–Kier alpha value is -1.78. The Morgan fingerprint density at radius 2 is 1.61 bits per heavy atom. The van der Waals surface area contributed by atoms with E-state index < -0.39 is 26.6 Å². The smallest absolute Gasteiger partial charge is 0.249 e. The van der Waals surface area contributed by atoms with Gasteiger partial charge in [0.25, 0.3) is 0 Å². The van der Waals surface area contributed by atoms with E-state index in [1.54, 1.807) is 6.07 Å². The second-order valence-electron chi connectivity index (χ2n) is 7.02. The second kappa shape index (κ2) is 8.99. The van der Waals surface area contributed by atoms with Gasteiger partial charge in [0.2, 0.25) is 10.0 Å². The summed E-state index contributed by atoms with van der Waals surface area (Å²) in [5.41, 5.74) is 1.79. The Labute approximate surface area is 192 Å². The van der Waals surface area contributed by atoms with Gasteiger partial charge < -0.3 is 4.90 Å². The Morgan fingerprint density at radius 1 is 1.00 bits per heavy atom. The predicted molar refractivity (Wildman–Crippen MR) is 119 cm³/mol. The fourth-order valence-electron chi connectivity index (χ4n) is 3.42. The summed E-state index contributed by atoms with van der Waals surface area (Å²) < 4.78 is 54.5. The van der Waals surface area contributed by atoms with Gasteiger partial charge in [-0.15, -0.1) is 11.3 Å². The molecule has 3 aromatic rings. The maximum absolute atomic E-state index is 14.0. The third-order valence-corrected chi connectivity index (χ3v) is 8.21. The Kier molecular flexibility index (Phi) is 6.50. The molecule has 0 aliphatic carbocycles. The lowest BCUT2D eigenvalue weighted by molar-refractivity contribution is 0.378. The number of benzene rings is 2. The highest BCUT2D eigenvalue weighted by Crippen LogP contribution is 2.28. The van der Waals surface area contributed by atoms with Crippen molar-refractivity contribution in [3.63, 3.8) is 0 Å². The van der Waals surface area contributed by atoms with Gasteiger partial charge in [-0.1, -0.05) is 29.3 Å². The van der Waals surface area contributed by atoms with Crippen LogP contribution in [0.25, 0.3) is 0 Å². The van der Waals surface area contributed by atoms with E-state index in [4.69, 9.17) is 23.2 Å². The van der Waals surface area contributed by atoms with Gasteiger partial charge >= 0.3 is 0 Å². The second-order valence-corrected chi connectivity index (χ2v) is 10.6. The molecule has 0 unspecified atom stereocenters. The van der Waals surface area contributed by atoms with Crippen LogP contribution in [-0.4, -0.2) is 43.9 Å². The summed E-state index contributed by atoms with van der Waals surface area (Å²) in [5.74, 6) is -2.18. The molecule has 2 aromatic carbocycles. The molecule has 0 atom stereocenters. The molecule has 0 bridgehead atoms. The SMILES string of the molecule is O=S(=O)(c1c(F)cccc1F)N1CCN(c2nc(Cc3cc(Cl)cc(Cl)c3)cs2)CC1. The molecular weight excluding hydrogens is 487 g/mol. The summed E-state index contributed by atoms with van der Waals surface area (Å²) in [4.78, 5) is 5.69. The molecule has 4 rings (SSSR count). The minimum absolute atomic E-state index is 0.106. The molecular formula is C20H17Cl2F2N3O2S2. The van der Waals surface area contributed by atoms with Gasteiger partial charge in [0.05, 0.1) is 5.69 Å². The van der Waals surface area contributed by atoms with Crippen molar-refractivity contribution < 1.29 is 17.2 Å². The number of nitrogens with zero attached hydrogens (tertiary/aromatic N) is 3. The number of rotatable bonds is 5. The molecule has 0 radical (unpaired) electrons. The highest BCUT2D eigenvalue weighted by Gasteiger charge is 2.33. The molecule has 0 N–H and O–H groups in total. The maximum Gasteiger partial charge on any atom is 0.249 e. The molecule has 31 heavy (non-hydrogen) atoms. The molecule has 5 nitrogen and oxygen atoms in total. The summed E-state index contributed by atoms with van der Waals surface area (Å²) >= 11 is 13.5. The van der Waals surface area contributed by atoms with Crippen molar-refractivity contribution in [2.45, 2.75) is 11.3 Å². The first kappa shape index (κ1) is 22.4. The van der Waals surface area contributed by atoms with Crippen LogP contribution in [0.15, 0.2) is 46.7 Å². The topological polar surface area (TPSA) is 53.5 Å². The minimum atomic E-state index is -4.26. The molecule has 1 fully saturated rings. The highest BCUT2D eigenvalue weighted by molar-refractivity contribution is 7.89. The largest absolute Gasteiger partial charge is 0.345 e. The standard InChI is InChI=1S/C20H17Cl2F2N3O2S2/c21-14-8-13(9-15(22)11-14)10-16-12-30-20(25-16)26-4-6-27(7-5-26)31(28,29)19-17(23)2-1-3-18(19)24/h1-3,8-9,11-12H,4-7,10H2.